The Morgan fingerprint density at radius 1 is 1.12 bits per heavy atom. The number of aliphatic hydroxyl groups excluding tert-OH is 1. The number of carbonyl (C=O) groups excluding carboxylic acids is 1. The molecule has 0 aliphatic rings. The number of pyridine rings is 1. The molecule has 0 spiro atoms. The van der Waals surface area contributed by atoms with Crippen LogP contribution in [-0.4, -0.2) is 22.1 Å². The predicted octanol–water partition coefficient (Wildman–Crippen LogP) is 4.06. The van der Waals surface area contributed by atoms with E-state index in [9.17, 15) is 33.1 Å². The van der Waals surface area contributed by atoms with Gasteiger partial charge in [-0.2, -0.15) is 5.26 Å². The van der Waals surface area contributed by atoms with E-state index in [1.54, 1.807) is 19.9 Å². The Morgan fingerprint density at radius 2 is 1.79 bits per heavy atom. The maximum atomic E-state index is 13.9. The first kappa shape index (κ1) is 23.8. The summed E-state index contributed by atoms with van der Waals surface area (Å²) in [5.74, 6) is -3.21. The predicted molar refractivity (Wildman–Crippen MR) is 112 cm³/mol. The maximum absolute atomic E-state index is 13.9. The fourth-order valence-corrected chi connectivity index (χ4v) is 3.18. The molecule has 1 unspecified atom stereocenters. The zero-order chi connectivity index (χ0) is 24.3. The van der Waals surface area contributed by atoms with Crippen molar-refractivity contribution in [1.29, 1.82) is 5.26 Å². The molecular weight excluding hydrogens is 437 g/mol. The minimum Gasteiger partial charge on any atom is -0.490 e. The van der Waals surface area contributed by atoms with Crippen LogP contribution in [0, 0.1) is 28.8 Å². The topological polar surface area (TPSA) is 92.3 Å². The molecule has 9 heteroatoms. The second kappa shape index (κ2) is 9.71. The van der Waals surface area contributed by atoms with Crippen molar-refractivity contribution in [3.63, 3.8) is 0 Å². The fraction of sp³-hybridized carbons (Fsp3) is 0.208. The van der Waals surface area contributed by atoms with Gasteiger partial charge < -0.3 is 14.4 Å². The quantitative estimate of drug-likeness (QED) is 0.542. The van der Waals surface area contributed by atoms with Gasteiger partial charge in [0.05, 0.1) is 5.56 Å². The summed E-state index contributed by atoms with van der Waals surface area (Å²) in [5.41, 5.74) is -1.45. The molecule has 0 saturated heterocycles. The van der Waals surface area contributed by atoms with Crippen LogP contribution in [0.15, 0.2) is 53.5 Å². The van der Waals surface area contributed by atoms with E-state index in [4.69, 9.17) is 4.74 Å². The third kappa shape index (κ3) is 5.13. The number of hydrogen-bond acceptors (Lipinski definition) is 5. The van der Waals surface area contributed by atoms with Crippen molar-refractivity contribution in [1.82, 2.24) is 4.57 Å². The monoisotopic (exact) mass is 456 g/mol. The molecule has 0 saturated carbocycles. The van der Waals surface area contributed by atoms with Gasteiger partial charge >= 0.3 is 0 Å². The van der Waals surface area contributed by atoms with Crippen molar-refractivity contribution < 1.29 is 27.8 Å². The Labute approximate surface area is 187 Å². The van der Waals surface area contributed by atoms with Gasteiger partial charge in [0, 0.05) is 23.4 Å². The van der Waals surface area contributed by atoms with Crippen molar-refractivity contribution in [2.75, 3.05) is 6.61 Å². The van der Waals surface area contributed by atoms with Gasteiger partial charge in [-0.05, 0) is 56.3 Å². The van der Waals surface area contributed by atoms with E-state index in [-0.39, 0.29) is 34.0 Å². The summed E-state index contributed by atoms with van der Waals surface area (Å²) in [4.78, 5) is 25.4. The zero-order valence-electron chi connectivity index (χ0n) is 17.7. The smallest absolute Gasteiger partial charge is 0.268 e. The van der Waals surface area contributed by atoms with Crippen molar-refractivity contribution >= 4 is 5.78 Å². The lowest BCUT2D eigenvalue weighted by atomic mass is 10.0. The number of halogens is 3. The summed E-state index contributed by atoms with van der Waals surface area (Å²) in [6.45, 7) is 2.84. The first-order chi connectivity index (χ1) is 15.6. The highest BCUT2D eigenvalue weighted by molar-refractivity contribution is 6.10. The molecule has 3 aromatic rings. The van der Waals surface area contributed by atoms with Gasteiger partial charge in [0.2, 0.25) is 0 Å². The molecule has 6 nitrogen and oxygen atoms in total. The summed E-state index contributed by atoms with van der Waals surface area (Å²) in [6.07, 6.45) is -0.302. The molecule has 1 aromatic heterocycles. The Kier molecular flexibility index (Phi) is 6.99. The second-order valence-corrected chi connectivity index (χ2v) is 7.52. The molecule has 0 bridgehead atoms. The summed E-state index contributed by atoms with van der Waals surface area (Å²) in [6, 6.07) is 8.16. The molecule has 0 aliphatic heterocycles. The zero-order valence-corrected chi connectivity index (χ0v) is 17.7. The van der Waals surface area contributed by atoms with E-state index in [2.05, 4.69) is 0 Å². The summed E-state index contributed by atoms with van der Waals surface area (Å²) in [7, 11) is 0. The fourth-order valence-electron chi connectivity index (χ4n) is 3.18. The van der Waals surface area contributed by atoms with Gasteiger partial charge in [-0.3, -0.25) is 9.59 Å². The van der Waals surface area contributed by atoms with Crippen LogP contribution in [0.3, 0.4) is 0 Å². The molecule has 1 N–H and O–H groups in total. The molecule has 0 radical (unpaired) electrons. The Morgan fingerprint density at radius 3 is 2.45 bits per heavy atom. The molecule has 1 heterocycles. The van der Waals surface area contributed by atoms with Gasteiger partial charge in [0.25, 0.3) is 5.56 Å². The van der Waals surface area contributed by atoms with Crippen LogP contribution >= 0.6 is 0 Å². The van der Waals surface area contributed by atoms with Gasteiger partial charge in [-0.1, -0.05) is 0 Å². The van der Waals surface area contributed by atoms with Crippen LogP contribution in [0.25, 0.3) is 0 Å². The summed E-state index contributed by atoms with van der Waals surface area (Å²) >= 11 is 0. The molecule has 3 rings (SSSR count). The van der Waals surface area contributed by atoms with Gasteiger partial charge in [-0.15, -0.1) is 0 Å². The third-order valence-corrected chi connectivity index (χ3v) is 4.88. The van der Waals surface area contributed by atoms with E-state index >= 15 is 0 Å². The van der Waals surface area contributed by atoms with Gasteiger partial charge in [0.15, 0.2) is 5.78 Å². The molecule has 1 atom stereocenters. The van der Waals surface area contributed by atoms with Crippen LogP contribution in [0.2, 0.25) is 0 Å². The summed E-state index contributed by atoms with van der Waals surface area (Å²) in [5, 5.41) is 19.5. The SMILES string of the molecule is CC(C)n1cc(C(=O)c2cc(F)ccc2OCC(O)c2cc(F)ccc2F)cc(C#N)c1=O. The van der Waals surface area contributed by atoms with Crippen molar-refractivity contribution in [2.24, 2.45) is 0 Å². The van der Waals surface area contributed by atoms with E-state index in [1.165, 1.54) is 10.8 Å². The summed E-state index contributed by atoms with van der Waals surface area (Å²) < 4.78 is 47.9. The number of ether oxygens (including phenoxy) is 1. The van der Waals surface area contributed by atoms with Crippen molar-refractivity contribution in [3.05, 3.63) is 98.7 Å². The molecule has 2 aromatic carbocycles. The Balaban J connectivity index is 1.96. The van der Waals surface area contributed by atoms with Crippen LogP contribution < -0.4 is 10.3 Å². The normalized spacial score (nSPS) is 11.8. The van der Waals surface area contributed by atoms with Crippen LogP contribution in [-0.2, 0) is 0 Å². The Hall–Kier alpha value is -3.90. The van der Waals surface area contributed by atoms with Crippen LogP contribution in [0.1, 0.15) is 53.0 Å². The molecule has 0 amide bonds. The molecular formula is C24H19F3N2O4. The standard InChI is InChI=1S/C24H19F3N2O4/c1-13(2)29-11-15(7-14(10-28)24(29)32)23(31)19-9-17(26)4-6-22(19)33-12-21(30)18-8-16(25)3-5-20(18)27/h3-9,11,13,21,30H,12H2,1-2H3. The van der Waals surface area contributed by atoms with E-state index in [0.29, 0.717) is 0 Å². The number of rotatable bonds is 7. The molecule has 33 heavy (non-hydrogen) atoms. The number of benzene rings is 2. The minimum absolute atomic E-state index is 0.0491. The average Bonchev–Trinajstić information content (AvgIpc) is 2.79. The number of aromatic nitrogens is 1. The van der Waals surface area contributed by atoms with E-state index < -0.39 is 41.5 Å². The molecule has 0 fully saturated rings. The largest absolute Gasteiger partial charge is 0.490 e. The van der Waals surface area contributed by atoms with Crippen LogP contribution in [0.5, 0.6) is 5.75 Å². The van der Waals surface area contributed by atoms with E-state index in [1.807, 2.05) is 0 Å². The lowest BCUT2D eigenvalue weighted by Crippen LogP contribution is -2.25. The number of carbonyl (C=O) groups is 1. The number of ketones is 1. The first-order valence-electron chi connectivity index (χ1n) is 9.88. The lowest BCUT2D eigenvalue weighted by Gasteiger charge is -2.16. The second-order valence-electron chi connectivity index (χ2n) is 7.52. The molecule has 170 valence electrons. The van der Waals surface area contributed by atoms with E-state index in [0.717, 1.165) is 42.5 Å². The number of hydrogen-bond donors (Lipinski definition) is 1. The third-order valence-electron chi connectivity index (χ3n) is 4.88. The van der Waals surface area contributed by atoms with Gasteiger partial charge in [0.1, 0.15) is 47.5 Å². The number of nitriles is 1. The van der Waals surface area contributed by atoms with Crippen molar-refractivity contribution in [3.8, 4) is 11.8 Å². The highest BCUT2D eigenvalue weighted by Gasteiger charge is 2.21. The highest BCUT2D eigenvalue weighted by atomic mass is 19.1. The number of nitrogens with zero attached hydrogens (tertiary/aromatic N) is 2. The lowest BCUT2D eigenvalue weighted by molar-refractivity contribution is 0.0979. The Bertz CT molecular complexity index is 1310. The maximum Gasteiger partial charge on any atom is 0.268 e. The first-order valence-corrected chi connectivity index (χ1v) is 9.88. The highest BCUT2D eigenvalue weighted by Crippen LogP contribution is 2.26. The van der Waals surface area contributed by atoms with Gasteiger partial charge in [-0.25, -0.2) is 13.2 Å². The minimum atomic E-state index is -1.57. The molecule has 0 aliphatic carbocycles. The van der Waals surface area contributed by atoms with Crippen LogP contribution in [0.4, 0.5) is 13.2 Å². The number of aliphatic hydroxyl groups is 1. The van der Waals surface area contributed by atoms with Crippen molar-refractivity contribution in [2.45, 2.75) is 26.0 Å². The average molecular weight is 456 g/mol.